The molecular weight excluding hydrogens is 402 g/mol. The van der Waals surface area contributed by atoms with Crippen molar-refractivity contribution in [2.75, 3.05) is 11.9 Å². The molecule has 4 heterocycles. The van der Waals surface area contributed by atoms with Gasteiger partial charge in [0.2, 0.25) is 5.91 Å². The second kappa shape index (κ2) is 6.80. The van der Waals surface area contributed by atoms with E-state index in [0.29, 0.717) is 18.6 Å². The maximum absolute atomic E-state index is 13.6. The van der Waals surface area contributed by atoms with Crippen molar-refractivity contribution >= 4 is 34.7 Å². The normalized spacial score (nSPS) is 22.7. The van der Waals surface area contributed by atoms with Crippen molar-refractivity contribution in [3.05, 3.63) is 58.5 Å². The Morgan fingerprint density at radius 1 is 1.37 bits per heavy atom. The lowest BCUT2D eigenvalue weighted by molar-refractivity contribution is -0.121. The van der Waals surface area contributed by atoms with E-state index >= 15 is 0 Å². The fourth-order valence-corrected chi connectivity index (χ4v) is 5.25. The first-order chi connectivity index (χ1) is 14.5. The molecule has 30 heavy (non-hydrogen) atoms. The number of nitrogens with zero attached hydrogens (tertiary/aromatic N) is 4. The van der Waals surface area contributed by atoms with Crippen LogP contribution in [0, 0.1) is 6.92 Å². The highest BCUT2D eigenvalue weighted by Crippen LogP contribution is 2.49. The summed E-state index contributed by atoms with van der Waals surface area (Å²) in [4.78, 5) is 32.9. The molecule has 7 nitrogen and oxygen atoms in total. The number of carbonyl (C=O) groups excluding carboxylic acids is 2. The molecule has 1 saturated heterocycles. The average Bonchev–Trinajstić information content (AvgIpc) is 3.36. The molecule has 2 aliphatic heterocycles. The molecule has 3 aromatic rings. The van der Waals surface area contributed by atoms with Gasteiger partial charge in [-0.15, -0.1) is 0 Å². The van der Waals surface area contributed by atoms with Gasteiger partial charge in [-0.25, -0.2) is 9.50 Å². The van der Waals surface area contributed by atoms with E-state index in [9.17, 15) is 9.59 Å². The molecule has 154 valence electrons. The number of hydrogen-bond acceptors (Lipinski definition) is 4. The number of fused-ring (bicyclic) bond motifs is 3. The zero-order valence-electron chi connectivity index (χ0n) is 16.9. The van der Waals surface area contributed by atoms with Crippen LogP contribution in [0.2, 0.25) is 5.02 Å². The van der Waals surface area contributed by atoms with Gasteiger partial charge in [-0.1, -0.05) is 43.1 Å². The number of aromatic nitrogens is 3. The highest BCUT2D eigenvalue weighted by atomic mass is 35.5. The molecule has 0 radical (unpaired) electrons. The van der Waals surface area contributed by atoms with Crippen molar-refractivity contribution in [1.82, 2.24) is 19.5 Å². The highest BCUT2D eigenvalue weighted by molar-refractivity contribution is 6.36. The van der Waals surface area contributed by atoms with Gasteiger partial charge in [-0.05, 0) is 37.0 Å². The third kappa shape index (κ3) is 2.51. The van der Waals surface area contributed by atoms with Crippen molar-refractivity contribution in [3.8, 4) is 0 Å². The second-order valence-electron chi connectivity index (χ2n) is 8.09. The minimum Gasteiger partial charge on any atom is -0.333 e. The molecule has 8 heteroatoms. The molecule has 5 rings (SSSR count). The van der Waals surface area contributed by atoms with Crippen molar-refractivity contribution in [3.63, 3.8) is 0 Å². The Labute approximate surface area is 179 Å². The van der Waals surface area contributed by atoms with Gasteiger partial charge in [0.05, 0.1) is 11.5 Å². The van der Waals surface area contributed by atoms with Gasteiger partial charge in [0, 0.05) is 24.6 Å². The van der Waals surface area contributed by atoms with Crippen molar-refractivity contribution in [2.45, 2.75) is 44.6 Å². The Bertz CT molecular complexity index is 1190. The number of aryl methyl sites for hydroxylation is 1. The van der Waals surface area contributed by atoms with Crippen molar-refractivity contribution in [2.24, 2.45) is 0 Å². The Balaban J connectivity index is 1.58. The number of para-hydroxylation sites is 1. The van der Waals surface area contributed by atoms with Crippen molar-refractivity contribution < 1.29 is 9.59 Å². The van der Waals surface area contributed by atoms with E-state index in [0.717, 1.165) is 29.7 Å². The number of rotatable bonds is 3. The summed E-state index contributed by atoms with van der Waals surface area (Å²) in [6.45, 7) is 4.45. The molecule has 0 saturated carbocycles. The lowest BCUT2D eigenvalue weighted by atomic mass is 9.73. The summed E-state index contributed by atoms with van der Waals surface area (Å²) in [5, 5.41) is 7.69. The second-order valence-corrected chi connectivity index (χ2v) is 8.46. The lowest BCUT2D eigenvalue weighted by Gasteiger charge is -2.33. The summed E-state index contributed by atoms with van der Waals surface area (Å²) in [5.41, 5.74) is 2.63. The fraction of sp³-hybridized carbons (Fsp3) is 0.364. The molecular formula is C22H22ClN5O2. The molecule has 0 aliphatic carbocycles. The Kier molecular flexibility index (Phi) is 4.32. The lowest BCUT2D eigenvalue weighted by Crippen LogP contribution is -2.48. The van der Waals surface area contributed by atoms with Crippen LogP contribution >= 0.6 is 11.6 Å². The van der Waals surface area contributed by atoms with E-state index in [-0.39, 0.29) is 28.6 Å². The first kappa shape index (κ1) is 19.1. The Morgan fingerprint density at radius 3 is 2.97 bits per heavy atom. The molecule has 2 amide bonds. The SMILES string of the molecule is CCC[C@@H]1N(C(=O)c2nn3cc(C)cnc3c2Cl)CC[C@]12C(=O)Nc1ccccc12. The standard InChI is InChI=1S/C22H22ClN5O2/c1-3-6-16-22(14-7-4-5-8-15(14)25-21(22)30)9-10-27(16)20(29)18-17(23)19-24-11-13(2)12-28(19)26-18/h4-5,7-8,11-12,16H,3,6,9-10H2,1-2H3,(H,25,30)/t16-,22+/m0/s1. The number of amides is 2. The van der Waals surface area contributed by atoms with Crippen LogP contribution in [0.5, 0.6) is 0 Å². The summed E-state index contributed by atoms with van der Waals surface area (Å²) in [6, 6.07) is 7.52. The zero-order valence-corrected chi connectivity index (χ0v) is 17.6. The Morgan fingerprint density at radius 2 is 2.17 bits per heavy atom. The summed E-state index contributed by atoms with van der Waals surface area (Å²) >= 11 is 6.50. The minimum absolute atomic E-state index is 0.0316. The molecule has 2 aromatic heterocycles. The number of hydrogen-bond donors (Lipinski definition) is 1. The van der Waals surface area contributed by atoms with Crippen LogP contribution in [0.15, 0.2) is 36.7 Å². The van der Waals surface area contributed by atoms with Crippen LogP contribution in [-0.4, -0.2) is 43.9 Å². The van der Waals surface area contributed by atoms with Crippen LogP contribution in [0.4, 0.5) is 5.69 Å². The average molecular weight is 424 g/mol. The predicted molar refractivity (Wildman–Crippen MR) is 114 cm³/mol. The smallest absolute Gasteiger partial charge is 0.276 e. The molecule has 1 spiro atoms. The van der Waals surface area contributed by atoms with E-state index in [1.807, 2.05) is 31.2 Å². The fourth-order valence-electron chi connectivity index (χ4n) is 4.99. The van der Waals surface area contributed by atoms with Crippen LogP contribution in [0.3, 0.4) is 0 Å². The van der Waals surface area contributed by atoms with Gasteiger partial charge in [0.15, 0.2) is 11.3 Å². The number of likely N-dealkylation sites (tertiary alicyclic amines) is 1. The van der Waals surface area contributed by atoms with Crippen LogP contribution < -0.4 is 5.32 Å². The van der Waals surface area contributed by atoms with Crippen molar-refractivity contribution in [1.29, 1.82) is 0 Å². The largest absolute Gasteiger partial charge is 0.333 e. The molecule has 1 fully saturated rings. The molecule has 0 bridgehead atoms. The number of carbonyl (C=O) groups is 2. The topological polar surface area (TPSA) is 79.6 Å². The van der Waals surface area contributed by atoms with Gasteiger partial charge < -0.3 is 10.2 Å². The summed E-state index contributed by atoms with van der Waals surface area (Å²) in [5.74, 6) is -0.286. The van der Waals surface area contributed by atoms with Gasteiger partial charge >= 0.3 is 0 Å². The molecule has 2 aliphatic rings. The van der Waals surface area contributed by atoms with E-state index in [2.05, 4.69) is 22.3 Å². The van der Waals surface area contributed by atoms with E-state index in [1.54, 1.807) is 21.8 Å². The first-order valence-corrected chi connectivity index (χ1v) is 10.6. The molecule has 2 atom stereocenters. The van der Waals surface area contributed by atoms with Crippen LogP contribution in [0.25, 0.3) is 5.65 Å². The number of benzene rings is 1. The first-order valence-electron chi connectivity index (χ1n) is 10.2. The summed E-state index contributed by atoms with van der Waals surface area (Å²) in [7, 11) is 0. The minimum atomic E-state index is -0.733. The number of anilines is 1. The van der Waals surface area contributed by atoms with E-state index in [4.69, 9.17) is 11.6 Å². The quantitative estimate of drug-likeness (QED) is 0.698. The molecule has 1 N–H and O–H groups in total. The zero-order chi connectivity index (χ0) is 21.0. The van der Waals surface area contributed by atoms with Crippen LogP contribution in [0.1, 0.15) is 47.8 Å². The van der Waals surface area contributed by atoms with Gasteiger partial charge in [-0.3, -0.25) is 9.59 Å². The number of nitrogens with one attached hydrogen (secondary N) is 1. The highest BCUT2D eigenvalue weighted by Gasteiger charge is 2.58. The Hall–Kier alpha value is -2.93. The monoisotopic (exact) mass is 423 g/mol. The van der Waals surface area contributed by atoms with E-state index < -0.39 is 5.41 Å². The predicted octanol–water partition coefficient (Wildman–Crippen LogP) is 3.60. The maximum atomic E-state index is 13.6. The van der Waals surface area contributed by atoms with Gasteiger partial charge in [0.1, 0.15) is 5.02 Å². The summed E-state index contributed by atoms with van der Waals surface area (Å²) < 4.78 is 1.54. The summed E-state index contributed by atoms with van der Waals surface area (Å²) in [6.07, 6.45) is 5.64. The van der Waals surface area contributed by atoms with E-state index in [1.165, 1.54) is 0 Å². The van der Waals surface area contributed by atoms with Gasteiger partial charge in [-0.2, -0.15) is 5.10 Å². The third-order valence-corrected chi connectivity index (χ3v) is 6.67. The molecule has 0 unspecified atom stereocenters. The number of halogens is 1. The third-order valence-electron chi connectivity index (χ3n) is 6.32. The van der Waals surface area contributed by atoms with Crippen LogP contribution in [-0.2, 0) is 10.2 Å². The maximum Gasteiger partial charge on any atom is 0.276 e. The van der Waals surface area contributed by atoms with Gasteiger partial charge in [0.25, 0.3) is 5.91 Å². The molecule has 1 aromatic carbocycles.